The number of hydrogen-bond donors (Lipinski definition) is 1. The average molecular weight is 253 g/mol. The monoisotopic (exact) mass is 253 g/mol. The number of fused-ring (bicyclic) bond motifs is 1. The van der Waals surface area contributed by atoms with Gasteiger partial charge in [0, 0.05) is 12.2 Å². The summed E-state index contributed by atoms with van der Waals surface area (Å²) in [5.41, 5.74) is 7.74. The Morgan fingerprint density at radius 1 is 1.05 bits per heavy atom. The van der Waals surface area contributed by atoms with Gasteiger partial charge in [-0.2, -0.15) is 0 Å². The Bertz CT molecular complexity index is 631. The van der Waals surface area contributed by atoms with Crippen molar-refractivity contribution in [3.63, 3.8) is 0 Å². The first-order chi connectivity index (χ1) is 9.19. The quantitative estimate of drug-likeness (QED) is 0.875. The van der Waals surface area contributed by atoms with Gasteiger partial charge in [0.15, 0.2) is 0 Å². The maximum atomic E-state index is 5.38. The predicted molar refractivity (Wildman–Crippen MR) is 80.1 cm³/mol. The molecule has 98 valence electrons. The van der Waals surface area contributed by atoms with Crippen LogP contribution in [0.15, 0.2) is 30.3 Å². The summed E-state index contributed by atoms with van der Waals surface area (Å²) in [5, 5.41) is 3.40. The van der Waals surface area contributed by atoms with E-state index in [0.29, 0.717) is 0 Å². The highest BCUT2D eigenvalue weighted by atomic mass is 16.5. The second-order valence-electron chi connectivity index (χ2n) is 5.19. The molecule has 2 heteroatoms. The van der Waals surface area contributed by atoms with Crippen LogP contribution in [0.3, 0.4) is 0 Å². The van der Waals surface area contributed by atoms with Gasteiger partial charge >= 0.3 is 0 Å². The number of methoxy groups -OCH3 is 1. The Labute approximate surface area is 114 Å². The Morgan fingerprint density at radius 3 is 2.68 bits per heavy atom. The van der Waals surface area contributed by atoms with Gasteiger partial charge in [0.05, 0.1) is 7.11 Å². The molecule has 0 atom stereocenters. The molecule has 0 unspecified atom stereocenters. The zero-order chi connectivity index (χ0) is 13.4. The fourth-order valence-corrected chi connectivity index (χ4v) is 2.79. The van der Waals surface area contributed by atoms with Crippen LogP contribution in [0.2, 0.25) is 0 Å². The van der Waals surface area contributed by atoms with Crippen molar-refractivity contribution >= 4 is 5.69 Å². The summed E-state index contributed by atoms with van der Waals surface area (Å²) in [6.07, 6.45) is 1.12. The third kappa shape index (κ3) is 2.07. The summed E-state index contributed by atoms with van der Waals surface area (Å²) >= 11 is 0. The largest absolute Gasteiger partial charge is 0.496 e. The number of rotatable bonds is 2. The zero-order valence-corrected chi connectivity index (χ0v) is 11.7. The predicted octanol–water partition coefficient (Wildman–Crippen LogP) is 3.95. The van der Waals surface area contributed by atoms with Crippen LogP contribution in [0.5, 0.6) is 5.75 Å². The number of nitrogens with one attached hydrogen (secondary N) is 1. The first kappa shape index (κ1) is 12.1. The van der Waals surface area contributed by atoms with Crippen LogP contribution in [0.1, 0.15) is 16.7 Å². The summed E-state index contributed by atoms with van der Waals surface area (Å²) in [4.78, 5) is 0. The van der Waals surface area contributed by atoms with Crippen LogP contribution in [0, 0.1) is 13.8 Å². The maximum absolute atomic E-state index is 5.38. The highest BCUT2D eigenvalue weighted by Crippen LogP contribution is 2.33. The lowest BCUT2D eigenvalue weighted by atomic mass is 9.96. The van der Waals surface area contributed by atoms with Crippen molar-refractivity contribution in [3.05, 3.63) is 47.0 Å². The molecule has 1 aliphatic heterocycles. The molecule has 2 aromatic rings. The van der Waals surface area contributed by atoms with Crippen molar-refractivity contribution in [1.82, 2.24) is 0 Å². The molecule has 2 aromatic carbocycles. The molecule has 0 bridgehead atoms. The lowest BCUT2D eigenvalue weighted by molar-refractivity contribution is 0.411. The first-order valence-corrected chi connectivity index (χ1v) is 6.71. The van der Waals surface area contributed by atoms with Crippen molar-refractivity contribution in [2.75, 3.05) is 19.0 Å². The molecule has 3 rings (SSSR count). The molecular formula is C17H19NO. The van der Waals surface area contributed by atoms with Gasteiger partial charge in [-0.25, -0.2) is 0 Å². The third-order valence-electron chi connectivity index (χ3n) is 3.87. The molecule has 0 saturated carbocycles. The van der Waals surface area contributed by atoms with Crippen LogP contribution < -0.4 is 10.1 Å². The maximum Gasteiger partial charge on any atom is 0.122 e. The van der Waals surface area contributed by atoms with Gasteiger partial charge in [-0.15, -0.1) is 0 Å². The Hall–Kier alpha value is -1.96. The van der Waals surface area contributed by atoms with E-state index in [4.69, 9.17) is 4.74 Å². The van der Waals surface area contributed by atoms with E-state index in [-0.39, 0.29) is 0 Å². The number of aryl methyl sites for hydroxylation is 2. The van der Waals surface area contributed by atoms with E-state index in [0.717, 1.165) is 18.7 Å². The van der Waals surface area contributed by atoms with Gasteiger partial charge in [-0.05, 0) is 72.4 Å². The molecular weight excluding hydrogens is 234 g/mol. The minimum Gasteiger partial charge on any atom is -0.496 e. The number of benzene rings is 2. The molecule has 0 spiro atoms. The SMILES string of the molecule is COc1cc(C)c(-c2ccc3c(c2)CCN3)cc1C. The summed E-state index contributed by atoms with van der Waals surface area (Å²) in [5.74, 6) is 0.962. The lowest BCUT2D eigenvalue weighted by Crippen LogP contribution is -1.92. The lowest BCUT2D eigenvalue weighted by Gasteiger charge is -2.12. The molecule has 0 fully saturated rings. The molecule has 0 aromatic heterocycles. The van der Waals surface area contributed by atoms with E-state index in [1.54, 1.807) is 7.11 Å². The molecule has 0 aliphatic carbocycles. The normalized spacial score (nSPS) is 13.0. The molecule has 0 radical (unpaired) electrons. The topological polar surface area (TPSA) is 21.3 Å². The Balaban J connectivity index is 2.09. The zero-order valence-electron chi connectivity index (χ0n) is 11.7. The van der Waals surface area contributed by atoms with E-state index in [1.165, 1.54) is 33.5 Å². The first-order valence-electron chi connectivity index (χ1n) is 6.71. The van der Waals surface area contributed by atoms with Gasteiger partial charge in [0.25, 0.3) is 0 Å². The van der Waals surface area contributed by atoms with Gasteiger partial charge in [-0.3, -0.25) is 0 Å². The minimum absolute atomic E-state index is 0.962. The molecule has 1 heterocycles. The number of ether oxygens (including phenoxy) is 1. The smallest absolute Gasteiger partial charge is 0.122 e. The molecule has 0 amide bonds. The van der Waals surface area contributed by atoms with Crippen LogP contribution in [-0.2, 0) is 6.42 Å². The summed E-state index contributed by atoms with van der Waals surface area (Å²) < 4.78 is 5.38. The van der Waals surface area contributed by atoms with Crippen molar-refractivity contribution in [2.24, 2.45) is 0 Å². The molecule has 1 N–H and O–H groups in total. The second kappa shape index (κ2) is 4.61. The van der Waals surface area contributed by atoms with E-state index >= 15 is 0 Å². The average Bonchev–Trinajstić information content (AvgIpc) is 2.88. The highest BCUT2D eigenvalue weighted by Gasteiger charge is 2.12. The molecule has 19 heavy (non-hydrogen) atoms. The van der Waals surface area contributed by atoms with Gasteiger partial charge in [0.1, 0.15) is 5.75 Å². The van der Waals surface area contributed by atoms with Crippen molar-refractivity contribution in [3.8, 4) is 16.9 Å². The van der Waals surface area contributed by atoms with E-state index in [9.17, 15) is 0 Å². The standard InChI is InChI=1S/C17H19NO/c1-11-9-17(19-3)12(2)8-15(11)13-4-5-16-14(10-13)6-7-18-16/h4-5,8-10,18H,6-7H2,1-3H3. The van der Waals surface area contributed by atoms with Crippen LogP contribution in [0.25, 0.3) is 11.1 Å². The number of anilines is 1. The van der Waals surface area contributed by atoms with E-state index < -0.39 is 0 Å². The second-order valence-corrected chi connectivity index (χ2v) is 5.19. The Morgan fingerprint density at radius 2 is 1.89 bits per heavy atom. The molecule has 2 nitrogen and oxygen atoms in total. The van der Waals surface area contributed by atoms with Crippen molar-refractivity contribution < 1.29 is 4.74 Å². The van der Waals surface area contributed by atoms with Crippen LogP contribution in [0.4, 0.5) is 5.69 Å². The Kier molecular flexibility index (Phi) is 2.94. The van der Waals surface area contributed by atoms with Crippen LogP contribution >= 0.6 is 0 Å². The van der Waals surface area contributed by atoms with Crippen molar-refractivity contribution in [1.29, 1.82) is 0 Å². The van der Waals surface area contributed by atoms with E-state index in [1.807, 2.05) is 0 Å². The minimum atomic E-state index is 0.962. The highest BCUT2D eigenvalue weighted by molar-refractivity contribution is 5.73. The summed E-state index contributed by atoms with van der Waals surface area (Å²) in [6, 6.07) is 11.0. The van der Waals surface area contributed by atoms with Gasteiger partial charge in [0.2, 0.25) is 0 Å². The van der Waals surface area contributed by atoms with Crippen LogP contribution in [-0.4, -0.2) is 13.7 Å². The summed E-state index contributed by atoms with van der Waals surface area (Å²) in [7, 11) is 1.72. The molecule has 0 saturated heterocycles. The van der Waals surface area contributed by atoms with Gasteiger partial charge in [-0.1, -0.05) is 6.07 Å². The van der Waals surface area contributed by atoms with Crippen molar-refractivity contribution in [2.45, 2.75) is 20.3 Å². The van der Waals surface area contributed by atoms with Gasteiger partial charge < -0.3 is 10.1 Å². The number of hydrogen-bond acceptors (Lipinski definition) is 2. The van der Waals surface area contributed by atoms with E-state index in [2.05, 4.69) is 49.5 Å². The molecule has 1 aliphatic rings. The summed E-state index contributed by atoms with van der Waals surface area (Å²) in [6.45, 7) is 5.29. The fourth-order valence-electron chi connectivity index (χ4n) is 2.79. The third-order valence-corrected chi connectivity index (χ3v) is 3.87. The fraction of sp³-hybridized carbons (Fsp3) is 0.294.